The minimum Gasteiger partial charge on any atom is -0.497 e. The third kappa shape index (κ3) is 2.55. The van der Waals surface area contributed by atoms with E-state index in [1.54, 1.807) is 7.11 Å². The van der Waals surface area contributed by atoms with Gasteiger partial charge in [0, 0.05) is 30.1 Å². The summed E-state index contributed by atoms with van der Waals surface area (Å²) in [7, 11) is 1.67. The summed E-state index contributed by atoms with van der Waals surface area (Å²) >= 11 is 0. The summed E-state index contributed by atoms with van der Waals surface area (Å²) in [6.07, 6.45) is 1.53. The van der Waals surface area contributed by atoms with Gasteiger partial charge in [0.2, 0.25) is 5.91 Å². The van der Waals surface area contributed by atoms with E-state index in [9.17, 15) is 4.79 Å². The van der Waals surface area contributed by atoms with E-state index in [1.807, 2.05) is 26.0 Å². The summed E-state index contributed by atoms with van der Waals surface area (Å²) in [4.78, 5) is 18.6. The second-order valence-electron chi connectivity index (χ2n) is 7.01. The van der Waals surface area contributed by atoms with Crippen molar-refractivity contribution in [1.82, 2.24) is 15.2 Å². The van der Waals surface area contributed by atoms with Gasteiger partial charge in [-0.05, 0) is 44.4 Å². The number of aromatic amines is 1. The third-order valence-electron chi connectivity index (χ3n) is 5.36. The van der Waals surface area contributed by atoms with Crippen LogP contribution in [0.15, 0.2) is 12.1 Å². The number of aryl methyl sites for hydroxylation is 2. The first-order valence-corrected chi connectivity index (χ1v) is 8.87. The lowest BCUT2D eigenvalue weighted by atomic mass is 9.94. The van der Waals surface area contributed by atoms with Crippen molar-refractivity contribution >= 4 is 33.5 Å². The predicted octanol–water partition coefficient (Wildman–Crippen LogP) is 2.44. The van der Waals surface area contributed by atoms with Crippen LogP contribution in [0, 0.1) is 19.8 Å². The van der Waals surface area contributed by atoms with E-state index in [0.29, 0.717) is 0 Å². The fourth-order valence-corrected chi connectivity index (χ4v) is 3.93. The van der Waals surface area contributed by atoms with Gasteiger partial charge in [-0.3, -0.25) is 9.89 Å². The van der Waals surface area contributed by atoms with Crippen molar-refractivity contribution in [3.05, 3.63) is 23.4 Å². The summed E-state index contributed by atoms with van der Waals surface area (Å²) in [5.41, 5.74) is 10.3. The number of ether oxygens (including phenoxy) is 1. The molecule has 1 amide bonds. The van der Waals surface area contributed by atoms with Crippen LogP contribution in [0.1, 0.15) is 24.1 Å². The highest BCUT2D eigenvalue weighted by molar-refractivity contribution is 6.09. The van der Waals surface area contributed by atoms with Crippen LogP contribution in [-0.2, 0) is 4.79 Å². The minimum absolute atomic E-state index is 0.0449. The molecule has 0 radical (unpaired) electrons. The number of hydrogen-bond acceptors (Lipinski definition) is 5. The Balaban J connectivity index is 1.93. The van der Waals surface area contributed by atoms with Gasteiger partial charge in [0.1, 0.15) is 5.75 Å². The smallest absolute Gasteiger partial charge is 0.220 e. The zero-order valence-corrected chi connectivity index (χ0v) is 15.3. The molecule has 1 aliphatic heterocycles. The zero-order chi connectivity index (χ0) is 18.4. The van der Waals surface area contributed by atoms with Crippen molar-refractivity contribution in [2.45, 2.75) is 26.7 Å². The Bertz CT molecular complexity index is 1000. The first-order chi connectivity index (χ1) is 12.5. The maximum Gasteiger partial charge on any atom is 0.220 e. The highest BCUT2D eigenvalue weighted by Crippen LogP contribution is 2.39. The van der Waals surface area contributed by atoms with E-state index >= 15 is 0 Å². The number of pyridine rings is 1. The fraction of sp³-hybridized carbons (Fsp3) is 0.421. The van der Waals surface area contributed by atoms with E-state index in [-0.39, 0.29) is 11.8 Å². The molecule has 3 heterocycles. The molecule has 0 spiro atoms. The number of rotatable bonds is 3. The molecule has 1 aromatic carbocycles. The molecule has 1 fully saturated rings. The lowest BCUT2D eigenvalue weighted by Gasteiger charge is -2.33. The van der Waals surface area contributed by atoms with E-state index in [4.69, 9.17) is 15.5 Å². The van der Waals surface area contributed by atoms with Crippen LogP contribution in [0.5, 0.6) is 5.75 Å². The molecule has 136 valence electrons. The van der Waals surface area contributed by atoms with Crippen LogP contribution >= 0.6 is 0 Å². The van der Waals surface area contributed by atoms with Crippen molar-refractivity contribution in [2.24, 2.45) is 11.7 Å². The van der Waals surface area contributed by atoms with Crippen LogP contribution < -0.4 is 15.4 Å². The summed E-state index contributed by atoms with van der Waals surface area (Å²) < 4.78 is 5.49. The van der Waals surface area contributed by atoms with Crippen LogP contribution in [-0.4, -0.2) is 41.3 Å². The SMILES string of the molecule is COc1cc(C)c2nc3n[nH]c(C)c3c(N3CCC(C(N)=O)CC3)c2c1. The number of hydrogen-bond donors (Lipinski definition) is 2. The molecule has 0 atom stereocenters. The highest BCUT2D eigenvalue weighted by Gasteiger charge is 2.27. The Kier molecular flexibility index (Phi) is 3.94. The number of benzene rings is 1. The Labute approximate surface area is 151 Å². The van der Waals surface area contributed by atoms with Crippen molar-refractivity contribution in [2.75, 3.05) is 25.1 Å². The fourth-order valence-electron chi connectivity index (χ4n) is 3.93. The lowest BCUT2D eigenvalue weighted by Crippen LogP contribution is -2.38. The summed E-state index contributed by atoms with van der Waals surface area (Å²) in [6.45, 7) is 5.60. The van der Waals surface area contributed by atoms with Gasteiger partial charge < -0.3 is 15.4 Å². The quantitative estimate of drug-likeness (QED) is 0.754. The number of methoxy groups -OCH3 is 1. The van der Waals surface area contributed by atoms with Crippen molar-refractivity contribution in [3.8, 4) is 5.75 Å². The topological polar surface area (TPSA) is 97.1 Å². The van der Waals surface area contributed by atoms with Gasteiger partial charge in [-0.1, -0.05) is 0 Å². The number of anilines is 1. The number of aromatic nitrogens is 3. The van der Waals surface area contributed by atoms with Crippen LogP contribution in [0.2, 0.25) is 0 Å². The van der Waals surface area contributed by atoms with Gasteiger partial charge in [0.15, 0.2) is 5.65 Å². The minimum atomic E-state index is -0.202. The molecular weight excluding hydrogens is 330 g/mol. The Hall–Kier alpha value is -2.83. The second-order valence-corrected chi connectivity index (χ2v) is 7.01. The summed E-state index contributed by atoms with van der Waals surface area (Å²) in [6, 6.07) is 4.03. The largest absolute Gasteiger partial charge is 0.497 e. The Morgan fingerprint density at radius 1 is 1.31 bits per heavy atom. The molecule has 3 N–H and O–H groups in total. The van der Waals surface area contributed by atoms with E-state index < -0.39 is 0 Å². The first kappa shape index (κ1) is 16.6. The maximum atomic E-state index is 11.5. The van der Waals surface area contributed by atoms with Crippen molar-refractivity contribution in [3.63, 3.8) is 0 Å². The van der Waals surface area contributed by atoms with Crippen LogP contribution in [0.25, 0.3) is 21.9 Å². The molecular formula is C19H23N5O2. The van der Waals surface area contributed by atoms with Gasteiger partial charge in [-0.25, -0.2) is 4.98 Å². The van der Waals surface area contributed by atoms with Gasteiger partial charge in [0.05, 0.1) is 23.7 Å². The van der Waals surface area contributed by atoms with Gasteiger partial charge in [-0.15, -0.1) is 0 Å². The normalized spacial score (nSPS) is 15.7. The lowest BCUT2D eigenvalue weighted by molar-refractivity contribution is -0.122. The molecule has 1 aliphatic rings. The number of H-pyrrole nitrogens is 1. The average Bonchev–Trinajstić information content (AvgIpc) is 3.01. The Morgan fingerprint density at radius 3 is 2.69 bits per heavy atom. The second kappa shape index (κ2) is 6.16. The first-order valence-electron chi connectivity index (χ1n) is 8.87. The highest BCUT2D eigenvalue weighted by atomic mass is 16.5. The van der Waals surface area contributed by atoms with E-state index in [2.05, 4.69) is 15.1 Å². The number of nitrogens with zero attached hydrogens (tertiary/aromatic N) is 3. The number of nitrogens with two attached hydrogens (primary N) is 1. The molecule has 7 heteroatoms. The van der Waals surface area contributed by atoms with Gasteiger partial charge in [-0.2, -0.15) is 5.10 Å². The predicted molar refractivity (Wildman–Crippen MR) is 102 cm³/mol. The zero-order valence-electron chi connectivity index (χ0n) is 15.3. The third-order valence-corrected chi connectivity index (χ3v) is 5.36. The molecule has 7 nitrogen and oxygen atoms in total. The maximum absolute atomic E-state index is 11.5. The average molecular weight is 353 g/mol. The number of amides is 1. The molecule has 4 rings (SSSR count). The van der Waals surface area contributed by atoms with E-state index in [0.717, 1.165) is 70.6 Å². The monoisotopic (exact) mass is 353 g/mol. The molecule has 3 aromatic rings. The van der Waals surface area contributed by atoms with Gasteiger partial charge >= 0.3 is 0 Å². The molecule has 0 unspecified atom stereocenters. The molecule has 0 aliphatic carbocycles. The molecule has 0 saturated carbocycles. The molecule has 26 heavy (non-hydrogen) atoms. The van der Waals surface area contributed by atoms with Gasteiger partial charge in [0.25, 0.3) is 0 Å². The summed E-state index contributed by atoms with van der Waals surface area (Å²) in [5.74, 6) is 0.563. The van der Waals surface area contributed by atoms with Crippen molar-refractivity contribution in [1.29, 1.82) is 0 Å². The number of piperidine rings is 1. The molecule has 1 saturated heterocycles. The van der Waals surface area contributed by atoms with E-state index in [1.165, 1.54) is 0 Å². The number of carbonyl (C=O) groups is 1. The number of carbonyl (C=O) groups excluding carboxylic acids is 1. The standard InChI is InChI=1S/C19H23N5O2/c1-10-8-13(26-3)9-14-16(10)21-19-15(11(2)22-23-19)17(14)24-6-4-12(5-7-24)18(20)25/h8-9,12H,4-7H2,1-3H3,(H2,20,25)(H,21,22,23). The van der Waals surface area contributed by atoms with Crippen LogP contribution in [0.3, 0.4) is 0 Å². The van der Waals surface area contributed by atoms with Crippen LogP contribution in [0.4, 0.5) is 5.69 Å². The Morgan fingerprint density at radius 2 is 2.04 bits per heavy atom. The summed E-state index contributed by atoms with van der Waals surface area (Å²) in [5, 5.41) is 9.53. The van der Waals surface area contributed by atoms with Crippen molar-refractivity contribution < 1.29 is 9.53 Å². The number of primary amides is 1. The molecule has 0 bridgehead atoms. The number of nitrogens with one attached hydrogen (secondary N) is 1. The molecule has 2 aromatic heterocycles. The number of fused-ring (bicyclic) bond motifs is 2.